The predicted octanol–water partition coefficient (Wildman–Crippen LogP) is 5.35. The van der Waals surface area contributed by atoms with E-state index < -0.39 is 4.92 Å². The van der Waals surface area contributed by atoms with E-state index in [-0.39, 0.29) is 23.3 Å². The zero-order valence-corrected chi connectivity index (χ0v) is 18.3. The number of carbonyl (C=O) groups excluding carboxylic acids is 1. The molecule has 3 rings (SSSR count). The number of hydrogen-bond acceptors (Lipinski definition) is 5. The Balaban J connectivity index is 1.78. The van der Waals surface area contributed by atoms with Crippen LogP contribution in [-0.4, -0.2) is 15.8 Å². The first-order valence-corrected chi connectivity index (χ1v) is 10.4. The minimum absolute atomic E-state index is 0.0144. The highest BCUT2D eigenvalue weighted by atomic mass is 16.6. The zero-order valence-electron chi connectivity index (χ0n) is 18.3. The Morgan fingerprint density at radius 2 is 1.88 bits per heavy atom. The SMILES string of the molecule is CCC(Cc1ccc(-c2ccccc2C#N)cc1)C(=O)Nc1nc(C)cc(C)c1[N+](=O)[O-]. The molecule has 0 radical (unpaired) electrons. The average Bonchev–Trinajstić information content (AvgIpc) is 2.77. The smallest absolute Gasteiger partial charge is 0.305 e. The molecule has 7 heteroatoms. The van der Waals surface area contributed by atoms with E-state index >= 15 is 0 Å². The summed E-state index contributed by atoms with van der Waals surface area (Å²) < 4.78 is 0. The van der Waals surface area contributed by atoms with Gasteiger partial charge in [-0.25, -0.2) is 4.98 Å². The van der Waals surface area contributed by atoms with Gasteiger partial charge in [0.1, 0.15) is 0 Å². The number of nitro groups is 1. The highest BCUT2D eigenvalue weighted by molar-refractivity contribution is 5.94. The van der Waals surface area contributed by atoms with Gasteiger partial charge in [0, 0.05) is 17.2 Å². The standard InChI is InChI=1S/C25H24N4O3/c1-4-19(25(30)28-24-23(29(31)32)16(2)13-17(3)27-24)14-18-9-11-20(12-10-18)22-8-6-5-7-21(22)15-26/h5-13,19H,4,14H2,1-3H3,(H,27,28,30). The van der Waals surface area contributed by atoms with Crippen LogP contribution < -0.4 is 5.32 Å². The molecule has 0 bridgehead atoms. The lowest BCUT2D eigenvalue weighted by Crippen LogP contribution is -2.25. The highest BCUT2D eigenvalue weighted by Crippen LogP contribution is 2.28. The normalized spacial score (nSPS) is 11.4. The van der Waals surface area contributed by atoms with Crippen molar-refractivity contribution in [1.82, 2.24) is 4.98 Å². The molecule has 32 heavy (non-hydrogen) atoms. The van der Waals surface area contributed by atoms with Gasteiger partial charge in [-0.05, 0) is 55.5 Å². The lowest BCUT2D eigenvalue weighted by molar-refractivity contribution is -0.384. The van der Waals surface area contributed by atoms with Crippen LogP contribution in [0.5, 0.6) is 0 Å². The fraction of sp³-hybridized carbons (Fsp3) is 0.240. The van der Waals surface area contributed by atoms with E-state index in [1.54, 1.807) is 26.0 Å². The Labute approximate surface area is 186 Å². The fourth-order valence-electron chi connectivity index (χ4n) is 3.73. The summed E-state index contributed by atoms with van der Waals surface area (Å²) in [5, 5.41) is 23.4. The van der Waals surface area contributed by atoms with Gasteiger partial charge in [-0.2, -0.15) is 5.26 Å². The summed E-state index contributed by atoms with van der Waals surface area (Å²) in [5.41, 5.74) is 4.24. The number of carbonyl (C=O) groups is 1. The summed E-state index contributed by atoms with van der Waals surface area (Å²) in [7, 11) is 0. The Morgan fingerprint density at radius 3 is 2.50 bits per heavy atom. The van der Waals surface area contributed by atoms with Crippen LogP contribution in [0.3, 0.4) is 0 Å². The van der Waals surface area contributed by atoms with Crippen molar-refractivity contribution in [2.45, 2.75) is 33.6 Å². The van der Waals surface area contributed by atoms with E-state index in [9.17, 15) is 20.2 Å². The minimum Gasteiger partial charge on any atom is -0.305 e. The highest BCUT2D eigenvalue weighted by Gasteiger charge is 2.25. The van der Waals surface area contributed by atoms with Gasteiger partial charge in [-0.3, -0.25) is 14.9 Å². The van der Waals surface area contributed by atoms with Gasteiger partial charge < -0.3 is 5.32 Å². The summed E-state index contributed by atoms with van der Waals surface area (Å²) >= 11 is 0. The summed E-state index contributed by atoms with van der Waals surface area (Å²) in [6.45, 7) is 5.27. The van der Waals surface area contributed by atoms with Crippen LogP contribution in [0.25, 0.3) is 11.1 Å². The van der Waals surface area contributed by atoms with Crippen molar-refractivity contribution in [3.63, 3.8) is 0 Å². The Hall–Kier alpha value is -4.05. The maximum absolute atomic E-state index is 12.9. The van der Waals surface area contributed by atoms with Crippen LogP contribution in [0.4, 0.5) is 11.5 Å². The first kappa shape index (κ1) is 22.6. The van der Waals surface area contributed by atoms with Gasteiger partial charge in [-0.1, -0.05) is 49.4 Å². The van der Waals surface area contributed by atoms with E-state index in [1.165, 1.54) is 0 Å². The molecule has 0 aliphatic rings. The summed E-state index contributed by atoms with van der Waals surface area (Å²) in [4.78, 5) is 28.0. The Bertz CT molecular complexity index is 1200. The number of aryl methyl sites for hydroxylation is 2. The molecule has 1 N–H and O–H groups in total. The molecular weight excluding hydrogens is 404 g/mol. The molecule has 3 aromatic rings. The van der Waals surface area contributed by atoms with Crippen molar-refractivity contribution in [2.75, 3.05) is 5.32 Å². The Morgan fingerprint density at radius 1 is 1.19 bits per heavy atom. The van der Waals surface area contributed by atoms with Crippen molar-refractivity contribution in [2.24, 2.45) is 5.92 Å². The van der Waals surface area contributed by atoms with Crippen LogP contribution in [0.15, 0.2) is 54.6 Å². The molecule has 1 atom stereocenters. The van der Waals surface area contributed by atoms with Crippen LogP contribution in [-0.2, 0) is 11.2 Å². The lowest BCUT2D eigenvalue weighted by Gasteiger charge is -2.16. The average molecular weight is 428 g/mol. The first-order valence-electron chi connectivity index (χ1n) is 10.4. The predicted molar refractivity (Wildman–Crippen MR) is 123 cm³/mol. The third-order valence-corrected chi connectivity index (χ3v) is 5.39. The molecule has 1 amide bonds. The second-order valence-electron chi connectivity index (χ2n) is 7.69. The number of amides is 1. The molecule has 162 valence electrons. The summed E-state index contributed by atoms with van der Waals surface area (Å²) in [5.74, 6) is -0.680. The maximum atomic E-state index is 12.9. The second-order valence-corrected chi connectivity index (χ2v) is 7.69. The van der Waals surface area contributed by atoms with E-state index in [4.69, 9.17) is 0 Å². The number of aromatic nitrogens is 1. The first-order chi connectivity index (χ1) is 15.3. The van der Waals surface area contributed by atoms with Gasteiger partial charge in [0.05, 0.1) is 16.6 Å². The molecule has 0 saturated heterocycles. The fourth-order valence-corrected chi connectivity index (χ4v) is 3.73. The van der Waals surface area contributed by atoms with E-state index in [2.05, 4.69) is 16.4 Å². The van der Waals surface area contributed by atoms with E-state index in [1.807, 2.05) is 49.4 Å². The largest absolute Gasteiger partial charge is 0.314 e. The number of pyridine rings is 1. The zero-order chi connectivity index (χ0) is 23.3. The molecule has 0 aliphatic heterocycles. The van der Waals surface area contributed by atoms with E-state index in [0.717, 1.165) is 16.7 Å². The van der Waals surface area contributed by atoms with Crippen LogP contribution in [0, 0.1) is 41.2 Å². The van der Waals surface area contributed by atoms with Gasteiger partial charge in [-0.15, -0.1) is 0 Å². The van der Waals surface area contributed by atoms with Crippen LogP contribution in [0.2, 0.25) is 0 Å². The summed E-state index contributed by atoms with van der Waals surface area (Å²) in [6.07, 6.45) is 1.06. The molecule has 1 heterocycles. The second kappa shape index (κ2) is 9.84. The number of rotatable bonds is 7. The van der Waals surface area contributed by atoms with Gasteiger partial charge in [0.2, 0.25) is 11.7 Å². The molecule has 1 aromatic heterocycles. The molecule has 0 saturated carbocycles. The number of nitrogens with zero attached hydrogens (tertiary/aromatic N) is 3. The van der Waals surface area contributed by atoms with Crippen molar-refractivity contribution in [3.8, 4) is 17.2 Å². The molecule has 1 unspecified atom stereocenters. The molecule has 0 aliphatic carbocycles. The van der Waals surface area contributed by atoms with Crippen molar-refractivity contribution in [3.05, 3.63) is 87.1 Å². The number of benzene rings is 2. The quantitative estimate of drug-likeness (QED) is 0.403. The van der Waals surface area contributed by atoms with Crippen LogP contribution in [0.1, 0.15) is 35.7 Å². The molecular formula is C25H24N4O3. The molecule has 0 spiro atoms. The van der Waals surface area contributed by atoms with E-state index in [0.29, 0.717) is 29.7 Å². The van der Waals surface area contributed by atoms with Crippen molar-refractivity contribution < 1.29 is 9.72 Å². The maximum Gasteiger partial charge on any atom is 0.314 e. The molecule has 0 fully saturated rings. The number of hydrogen-bond donors (Lipinski definition) is 1. The Kier molecular flexibility index (Phi) is 6.96. The van der Waals surface area contributed by atoms with Gasteiger partial charge >= 0.3 is 5.69 Å². The minimum atomic E-state index is -0.518. The lowest BCUT2D eigenvalue weighted by atomic mass is 9.93. The third kappa shape index (κ3) is 4.98. The van der Waals surface area contributed by atoms with Crippen molar-refractivity contribution in [1.29, 1.82) is 5.26 Å². The number of nitriles is 1. The molecule has 2 aromatic carbocycles. The van der Waals surface area contributed by atoms with Crippen LogP contribution >= 0.6 is 0 Å². The van der Waals surface area contributed by atoms with Gasteiger partial charge in [0.15, 0.2) is 0 Å². The third-order valence-electron chi connectivity index (χ3n) is 5.39. The molecule has 7 nitrogen and oxygen atoms in total. The summed E-state index contributed by atoms with van der Waals surface area (Å²) in [6, 6.07) is 19.0. The number of anilines is 1. The van der Waals surface area contributed by atoms with Crippen molar-refractivity contribution >= 4 is 17.4 Å². The topological polar surface area (TPSA) is 109 Å². The number of nitrogens with one attached hydrogen (secondary N) is 1. The van der Waals surface area contributed by atoms with Gasteiger partial charge in [0.25, 0.3) is 0 Å². The monoisotopic (exact) mass is 428 g/mol.